The maximum absolute atomic E-state index is 12.4. The van der Waals surface area contributed by atoms with E-state index in [2.05, 4.69) is 15.4 Å². The molecule has 3 rings (SSSR count). The predicted octanol–water partition coefficient (Wildman–Crippen LogP) is 2.32. The quantitative estimate of drug-likeness (QED) is 0.926. The van der Waals surface area contributed by atoms with Crippen molar-refractivity contribution in [3.63, 3.8) is 0 Å². The van der Waals surface area contributed by atoms with Gasteiger partial charge >= 0.3 is 0 Å². The molecule has 108 valence electrons. The Balaban J connectivity index is 1.93. The van der Waals surface area contributed by atoms with E-state index >= 15 is 0 Å². The van der Waals surface area contributed by atoms with Gasteiger partial charge in [0.05, 0.1) is 29.2 Å². The summed E-state index contributed by atoms with van der Waals surface area (Å²) in [6.07, 6.45) is 0. The summed E-state index contributed by atoms with van der Waals surface area (Å²) in [6, 6.07) is 9.80. The number of aliphatic imine (C=N–C) groups is 1. The fraction of sp³-hybridized carbons (Fsp3) is 0.267. The number of amides is 1. The maximum atomic E-state index is 12.4. The summed E-state index contributed by atoms with van der Waals surface area (Å²) < 4.78 is 1.80. The number of nitrogens with one attached hydrogen (secondary N) is 1. The molecule has 0 unspecified atom stereocenters. The van der Waals surface area contributed by atoms with Crippen LogP contribution in [-0.4, -0.2) is 33.2 Å². The van der Waals surface area contributed by atoms with Gasteiger partial charge in [-0.05, 0) is 26.0 Å². The average molecular weight is 300 g/mol. The lowest BCUT2D eigenvalue weighted by Crippen LogP contribution is -2.28. The van der Waals surface area contributed by atoms with Gasteiger partial charge in [0.2, 0.25) is 0 Å². The Labute approximate surface area is 127 Å². The summed E-state index contributed by atoms with van der Waals surface area (Å²) in [5.74, 6) is 0.789. The van der Waals surface area contributed by atoms with Crippen LogP contribution < -0.4 is 5.32 Å². The number of aryl methyl sites for hydroxylation is 1. The van der Waals surface area contributed by atoms with Gasteiger partial charge in [0, 0.05) is 5.75 Å². The van der Waals surface area contributed by atoms with Gasteiger partial charge in [-0.25, -0.2) is 4.68 Å². The third-order valence-electron chi connectivity index (χ3n) is 3.33. The zero-order chi connectivity index (χ0) is 14.8. The van der Waals surface area contributed by atoms with Crippen LogP contribution in [0.5, 0.6) is 0 Å². The van der Waals surface area contributed by atoms with Crippen LogP contribution in [0.3, 0.4) is 0 Å². The molecule has 1 aliphatic heterocycles. The van der Waals surface area contributed by atoms with Crippen molar-refractivity contribution >= 4 is 22.8 Å². The summed E-state index contributed by atoms with van der Waals surface area (Å²) in [7, 11) is 0. The van der Waals surface area contributed by atoms with Crippen molar-refractivity contribution in [2.24, 2.45) is 4.99 Å². The maximum Gasteiger partial charge on any atom is 0.260 e. The van der Waals surface area contributed by atoms with E-state index in [0.29, 0.717) is 10.7 Å². The Morgan fingerprint density at radius 1 is 1.29 bits per heavy atom. The zero-order valence-corrected chi connectivity index (χ0v) is 12.8. The van der Waals surface area contributed by atoms with Crippen LogP contribution in [0.25, 0.3) is 5.69 Å². The molecule has 6 heteroatoms. The first-order valence-electron chi connectivity index (χ1n) is 6.77. The number of hydrogen-bond acceptors (Lipinski definition) is 4. The van der Waals surface area contributed by atoms with Gasteiger partial charge in [0.15, 0.2) is 5.17 Å². The Morgan fingerprint density at radius 3 is 2.71 bits per heavy atom. The molecule has 1 N–H and O–H groups in total. The first-order chi connectivity index (χ1) is 10.2. The fourth-order valence-corrected chi connectivity index (χ4v) is 3.09. The highest BCUT2D eigenvalue weighted by Gasteiger charge is 2.21. The van der Waals surface area contributed by atoms with Crippen LogP contribution in [0.2, 0.25) is 0 Å². The molecule has 5 nitrogen and oxygen atoms in total. The third kappa shape index (κ3) is 2.71. The molecule has 0 fully saturated rings. The smallest absolute Gasteiger partial charge is 0.260 e. The van der Waals surface area contributed by atoms with Crippen LogP contribution in [0.4, 0.5) is 0 Å². The number of nitrogens with zero attached hydrogens (tertiary/aromatic N) is 3. The number of amidine groups is 1. The second-order valence-electron chi connectivity index (χ2n) is 4.78. The van der Waals surface area contributed by atoms with E-state index in [1.165, 1.54) is 0 Å². The van der Waals surface area contributed by atoms with Crippen LogP contribution in [0.1, 0.15) is 21.7 Å². The Bertz CT molecular complexity index is 706. The molecule has 0 spiro atoms. The van der Waals surface area contributed by atoms with Crippen molar-refractivity contribution in [3.05, 3.63) is 47.3 Å². The summed E-state index contributed by atoms with van der Waals surface area (Å²) in [5.41, 5.74) is 3.12. The average Bonchev–Trinajstić information content (AvgIpc) is 3.08. The lowest BCUT2D eigenvalue weighted by atomic mass is 10.2. The number of thioether (sulfide) groups is 1. The highest BCUT2D eigenvalue weighted by atomic mass is 32.2. The van der Waals surface area contributed by atoms with Gasteiger partial charge in [0.25, 0.3) is 5.91 Å². The molecule has 21 heavy (non-hydrogen) atoms. The number of benzene rings is 1. The Kier molecular flexibility index (Phi) is 3.79. The Morgan fingerprint density at radius 2 is 2.05 bits per heavy atom. The lowest BCUT2D eigenvalue weighted by molar-refractivity contribution is 0.0977. The van der Waals surface area contributed by atoms with Crippen molar-refractivity contribution in [2.45, 2.75) is 13.8 Å². The van der Waals surface area contributed by atoms with Gasteiger partial charge in [-0.3, -0.25) is 9.79 Å². The zero-order valence-electron chi connectivity index (χ0n) is 12.0. The fourth-order valence-electron chi connectivity index (χ4n) is 2.36. The number of aromatic nitrogens is 2. The predicted molar refractivity (Wildman–Crippen MR) is 85.3 cm³/mol. The SMILES string of the molecule is Cc1nn(-c2ccccc2)c(C)c1C(=O)NC1=NCCS1. The summed E-state index contributed by atoms with van der Waals surface area (Å²) >= 11 is 1.57. The standard InChI is InChI=1S/C15H16N4OS/c1-10-13(14(20)17-15-16-8-9-21-15)11(2)19(18-10)12-6-4-3-5-7-12/h3-7H,8-9H2,1-2H3,(H,16,17,20). The van der Waals surface area contributed by atoms with E-state index < -0.39 is 0 Å². The first-order valence-corrected chi connectivity index (χ1v) is 7.75. The van der Waals surface area contributed by atoms with Crippen molar-refractivity contribution in [1.82, 2.24) is 15.1 Å². The van der Waals surface area contributed by atoms with Gasteiger partial charge in [-0.1, -0.05) is 30.0 Å². The van der Waals surface area contributed by atoms with Crippen molar-refractivity contribution in [3.8, 4) is 5.69 Å². The van der Waals surface area contributed by atoms with Crippen molar-refractivity contribution in [1.29, 1.82) is 0 Å². The number of carbonyl (C=O) groups is 1. The minimum atomic E-state index is -0.139. The molecule has 0 atom stereocenters. The molecule has 0 radical (unpaired) electrons. The van der Waals surface area contributed by atoms with Gasteiger partial charge in [-0.15, -0.1) is 0 Å². The first kappa shape index (κ1) is 13.9. The van der Waals surface area contributed by atoms with Crippen LogP contribution in [-0.2, 0) is 0 Å². The molecule has 0 saturated carbocycles. The molecule has 0 aliphatic carbocycles. The second-order valence-corrected chi connectivity index (χ2v) is 5.87. The van der Waals surface area contributed by atoms with E-state index in [0.717, 1.165) is 29.4 Å². The summed E-state index contributed by atoms with van der Waals surface area (Å²) in [4.78, 5) is 16.7. The minimum Gasteiger partial charge on any atom is -0.301 e. The largest absolute Gasteiger partial charge is 0.301 e. The van der Waals surface area contributed by atoms with Crippen molar-refractivity contribution in [2.75, 3.05) is 12.3 Å². The number of rotatable bonds is 2. The monoisotopic (exact) mass is 300 g/mol. The molecule has 1 aliphatic rings. The van der Waals surface area contributed by atoms with E-state index in [-0.39, 0.29) is 5.91 Å². The molecule has 2 aromatic rings. The molecule has 2 heterocycles. The van der Waals surface area contributed by atoms with Gasteiger partial charge in [-0.2, -0.15) is 5.10 Å². The van der Waals surface area contributed by atoms with Crippen molar-refractivity contribution < 1.29 is 4.79 Å². The molecule has 1 aromatic carbocycles. The van der Waals surface area contributed by atoms with Gasteiger partial charge in [0.1, 0.15) is 0 Å². The number of para-hydroxylation sites is 1. The number of hydrogen-bond donors (Lipinski definition) is 1. The Hall–Kier alpha value is -2.08. The molecular formula is C15H16N4OS. The highest BCUT2D eigenvalue weighted by molar-refractivity contribution is 8.14. The molecule has 0 bridgehead atoms. The molecule has 1 aromatic heterocycles. The highest BCUT2D eigenvalue weighted by Crippen LogP contribution is 2.18. The van der Waals surface area contributed by atoms with E-state index in [4.69, 9.17) is 0 Å². The normalized spacial score (nSPS) is 14.1. The third-order valence-corrected chi connectivity index (χ3v) is 4.22. The molecular weight excluding hydrogens is 284 g/mol. The van der Waals surface area contributed by atoms with Crippen LogP contribution >= 0.6 is 11.8 Å². The van der Waals surface area contributed by atoms with E-state index in [9.17, 15) is 4.79 Å². The molecule has 0 saturated heterocycles. The topological polar surface area (TPSA) is 59.3 Å². The lowest BCUT2D eigenvalue weighted by Gasteiger charge is -2.06. The second kappa shape index (κ2) is 5.73. The van der Waals surface area contributed by atoms with Crippen LogP contribution in [0.15, 0.2) is 35.3 Å². The molecule has 1 amide bonds. The van der Waals surface area contributed by atoms with E-state index in [1.807, 2.05) is 44.2 Å². The summed E-state index contributed by atoms with van der Waals surface area (Å²) in [6.45, 7) is 4.53. The summed E-state index contributed by atoms with van der Waals surface area (Å²) in [5, 5.41) is 8.05. The van der Waals surface area contributed by atoms with Gasteiger partial charge < -0.3 is 5.32 Å². The minimum absolute atomic E-state index is 0.139. The number of carbonyl (C=O) groups excluding carboxylic acids is 1. The van der Waals surface area contributed by atoms with E-state index in [1.54, 1.807) is 16.4 Å². The van der Waals surface area contributed by atoms with Crippen LogP contribution in [0, 0.1) is 13.8 Å².